The van der Waals surface area contributed by atoms with Crippen molar-refractivity contribution < 1.29 is 9.53 Å². The molecule has 2 aliphatic heterocycles. The van der Waals surface area contributed by atoms with Gasteiger partial charge in [0.05, 0.1) is 11.1 Å². The van der Waals surface area contributed by atoms with Gasteiger partial charge in [0, 0.05) is 18.1 Å². The Balaban J connectivity index is 1.39. The van der Waals surface area contributed by atoms with Crippen molar-refractivity contribution in [3.8, 4) is 10.1 Å². The van der Waals surface area contributed by atoms with Gasteiger partial charge < -0.3 is 15.4 Å². The summed E-state index contributed by atoms with van der Waals surface area (Å²) in [6, 6.07) is 4.85. The molecule has 2 saturated heterocycles. The van der Waals surface area contributed by atoms with Gasteiger partial charge in [-0.25, -0.2) is 4.98 Å². The average molecular weight is 356 g/mol. The number of aromatic nitrogens is 1. The number of carbonyl (C=O) groups is 1. The second-order valence-corrected chi connectivity index (χ2v) is 8.14. The number of hydrogen-bond acceptors (Lipinski definition) is 6. The number of rotatable bonds is 4. The molecular formula is C14H14ClN3O2S2. The third kappa shape index (κ3) is 2.86. The van der Waals surface area contributed by atoms with E-state index in [-0.39, 0.29) is 11.9 Å². The molecule has 22 heavy (non-hydrogen) atoms. The van der Waals surface area contributed by atoms with Gasteiger partial charge in [-0.05, 0) is 31.4 Å². The Morgan fingerprint density at radius 1 is 1.36 bits per heavy atom. The molecule has 2 aromatic rings. The highest BCUT2D eigenvalue weighted by Gasteiger charge is 2.39. The number of ether oxygens (including phenoxy) is 1. The molecule has 116 valence electrons. The molecule has 2 fully saturated rings. The topological polar surface area (TPSA) is 63.2 Å². The number of nitrogens with zero attached hydrogens (tertiary/aromatic N) is 1. The van der Waals surface area contributed by atoms with Gasteiger partial charge in [0.15, 0.2) is 9.53 Å². The fourth-order valence-electron chi connectivity index (χ4n) is 3.11. The van der Waals surface area contributed by atoms with Crippen LogP contribution < -0.4 is 15.4 Å². The van der Waals surface area contributed by atoms with Crippen LogP contribution in [0.25, 0.3) is 0 Å². The molecule has 0 unspecified atom stereocenters. The molecule has 0 spiro atoms. The van der Waals surface area contributed by atoms with Gasteiger partial charge in [0.1, 0.15) is 0 Å². The zero-order valence-electron chi connectivity index (χ0n) is 11.5. The lowest BCUT2D eigenvalue weighted by atomic mass is 9.95. The maximum Gasteiger partial charge on any atom is 0.261 e. The van der Waals surface area contributed by atoms with E-state index >= 15 is 0 Å². The monoisotopic (exact) mass is 355 g/mol. The Morgan fingerprint density at radius 3 is 2.95 bits per heavy atom. The van der Waals surface area contributed by atoms with E-state index in [0.717, 1.165) is 12.8 Å². The van der Waals surface area contributed by atoms with Gasteiger partial charge in [-0.2, -0.15) is 0 Å². The van der Waals surface area contributed by atoms with Crippen LogP contribution in [0.3, 0.4) is 0 Å². The lowest BCUT2D eigenvalue weighted by Gasteiger charge is -2.20. The molecule has 0 radical (unpaired) electrons. The quantitative estimate of drug-likeness (QED) is 0.883. The van der Waals surface area contributed by atoms with Crippen LogP contribution in [0.5, 0.6) is 10.1 Å². The standard InChI is InChI=1S/C14H14ClN3O2S2/c15-14-16-6-12(22-14)20-11-4-3-10(21-11)13(19)18-9-5-7-1-2-8(9)17-7/h3-4,6-9,17H,1-2,5H2,(H,18,19)/t7-,8+,9-/m1/s1. The first-order valence-corrected chi connectivity index (χ1v) is 9.14. The minimum absolute atomic E-state index is 0.0264. The first kappa shape index (κ1) is 14.4. The van der Waals surface area contributed by atoms with Gasteiger partial charge in [0.2, 0.25) is 5.06 Å². The summed E-state index contributed by atoms with van der Waals surface area (Å²) in [5, 5.41) is 7.94. The van der Waals surface area contributed by atoms with E-state index < -0.39 is 0 Å². The van der Waals surface area contributed by atoms with E-state index in [9.17, 15) is 4.79 Å². The summed E-state index contributed by atoms with van der Waals surface area (Å²) in [6.45, 7) is 0. The number of fused-ring (bicyclic) bond motifs is 2. The fourth-order valence-corrected chi connectivity index (χ4v) is 4.72. The van der Waals surface area contributed by atoms with Crippen molar-refractivity contribution in [2.24, 2.45) is 0 Å². The van der Waals surface area contributed by atoms with Crippen LogP contribution in [0, 0.1) is 0 Å². The fraction of sp³-hybridized carbons (Fsp3) is 0.429. The zero-order valence-corrected chi connectivity index (χ0v) is 13.9. The summed E-state index contributed by atoms with van der Waals surface area (Å²) in [7, 11) is 0. The Kier molecular flexibility index (Phi) is 3.81. The molecule has 2 aliphatic rings. The molecule has 0 aliphatic carbocycles. The number of halogens is 1. The Morgan fingerprint density at radius 2 is 2.27 bits per heavy atom. The summed E-state index contributed by atoms with van der Waals surface area (Å²) in [5.41, 5.74) is 0. The molecule has 0 saturated carbocycles. The highest BCUT2D eigenvalue weighted by molar-refractivity contribution is 7.18. The highest BCUT2D eigenvalue weighted by Crippen LogP contribution is 2.34. The summed E-state index contributed by atoms with van der Waals surface area (Å²) in [6.07, 6.45) is 4.99. The van der Waals surface area contributed by atoms with Crippen LogP contribution in [0.1, 0.15) is 28.9 Å². The molecule has 0 aromatic carbocycles. The van der Waals surface area contributed by atoms with Crippen molar-refractivity contribution in [1.82, 2.24) is 15.6 Å². The maximum absolute atomic E-state index is 12.3. The number of carbonyl (C=O) groups excluding carboxylic acids is 1. The number of nitrogens with one attached hydrogen (secondary N) is 2. The van der Waals surface area contributed by atoms with Gasteiger partial charge in [0.25, 0.3) is 5.91 Å². The minimum Gasteiger partial charge on any atom is -0.434 e. The number of amides is 1. The molecular weight excluding hydrogens is 342 g/mol. The summed E-state index contributed by atoms with van der Waals surface area (Å²) >= 11 is 8.36. The molecule has 2 bridgehead atoms. The van der Waals surface area contributed by atoms with Crippen LogP contribution in [0.2, 0.25) is 4.47 Å². The lowest BCUT2D eigenvalue weighted by molar-refractivity contribution is 0.0935. The van der Waals surface area contributed by atoms with Gasteiger partial charge in [-0.1, -0.05) is 34.3 Å². The summed E-state index contributed by atoms with van der Waals surface area (Å²) < 4.78 is 6.09. The highest BCUT2D eigenvalue weighted by atomic mass is 35.5. The molecule has 2 N–H and O–H groups in total. The van der Waals surface area contributed by atoms with Crippen LogP contribution >= 0.6 is 34.3 Å². The molecule has 2 aromatic heterocycles. The largest absolute Gasteiger partial charge is 0.434 e. The first-order valence-electron chi connectivity index (χ1n) is 7.13. The van der Waals surface area contributed by atoms with Crippen molar-refractivity contribution in [2.45, 2.75) is 37.4 Å². The molecule has 8 heteroatoms. The third-order valence-corrected chi connectivity index (χ3v) is 6.03. The van der Waals surface area contributed by atoms with Gasteiger partial charge >= 0.3 is 0 Å². The van der Waals surface area contributed by atoms with E-state index in [1.807, 2.05) is 0 Å². The molecule has 4 heterocycles. The first-order chi connectivity index (χ1) is 10.7. The van der Waals surface area contributed by atoms with Gasteiger partial charge in [-0.3, -0.25) is 4.79 Å². The van der Waals surface area contributed by atoms with Crippen LogP contribution in [-0.2, 0) is 0 Å². The molecule has 4 rings (SSSR count). The van der Waals surface area contributed by atoms with E-state index in [1.165, 1.54) is 29.1 Å². The Labute approximate surface area is 140 Å². The summed E-state index contributed by atoms with van der Waals surface area (Å²) in [5.74, 6) is -0.0264. The SMILES string of the molecule is O=C(N[C@@H]1C[C@H]2CC[C@@H]1N2)c1ccc(Oc2cnc(Cl)s2)s1. The third-order valence-electron chi connectivity index (χ3n) is 4.08. The molecule has 3 atom stereocenters. The minimum atomic E-state index is -0.0264. The smallest absolute Gasteiger partial charge is 0.261 e. The van der Waals surface area contributed by atoms with Crippen molar-refractivity contribution >= 4 is 40.2 Å². The zero-order chi connectivity index (χ0) is 15.1. The predicted molar refractivity (Wildman–Crippen MR) is 87.3 cm³/mol. The molecule has 1 amide bonds. The second-order valence-electron chi connectivity index (χ2n) is 5.52. The van der Waals surface area contributed by atoms with Crippen LogP contribution in [-0.4, -0.2) is 29.0 Å². The predicted octanol–water partition coefficient (Wildman–Crippen LogP) is 3.27. The molecule has 5 nitrogen and oxygen atoms in total. The number of thiophene rings is 1. The Hall–Kier alpha value is -1.15. The van der Waals surface area contributed by atoms with Crippen molar-refractivity contribution in [1.29, 1.82) is 0 Å². The van der Waals surface area contributed by atoms with Crippen LogP contribution in [0.15, 0.2) is 18.3 Å². The normalized spacial score (nSPS) is 26.3. The van der Waals surface area contributed by atoms with E-state index in [1.54, 1.807) is 18.3 Å². The van der Waals surface area contributed by atoms with Crippen molar-refractivity contribution in [3.05, 3.63) is 27.7 Å². The van der Waals surface area contributed by atoms with Crippen molar-refractivity contribution in [2.75, 3.05) is 0 Å². The average Bonchev–Trinajstić information content (AvgIpc) is 3.24. The van der Waals surface area contributed by atoms with Gasteiger partial charge in [-0.15, -0.1) is 0 Å². The van der Waals surface area contributed by atoms with Crippen molar-refractivity contribution in [3.63, 3.8) is 0 Å². The van der Waals surface area contributed by atoms with E-state index in [2.05, 4.69) is 15.6 Å². The van der Waals surface area contributed by atoms with E-state index in [0.29, 0.717) is 31.6 Å². The second kappa shape index (κ2) is 5.81. The lowest BCUT2D eigenvalue weighted by Crippen LogP contribution is -2.42. The number of thiazole rings is 1. The van der Waals surface area contributed by atoms with E-state index in [4.69, 9.17) is 16.3 Å². The summed E-state index contributed by atoms with van der Waals surface area (Å²) in [4.78, 5) is 16.9. The maximum atomic E-state index is 12.3. The number of hydrogen-bond donors (Lipinski definition) is 2. The van der Waals surface area contributed by atoms with Crippen LogP contribution in [0.4, 0.5) is 0 Å². The Bertz CT molecular complexity index is 702.